The number of hydrogen-bond acceptors (Lipinski definition) is 6. The number of thioether (sulfide) groups is 1. The maximum Gasteiger partial charge on any atom is 0.339 e. The quantitative estimate of drug-likeness (QED) is 0.354. The molecule has 1 aromatic heterocycles. The van der Waals surface area contributed by atoms with Gasteiger partial charge in [0.15, 0.2) is 6.61 Å². The summed E-state index contributed by atoms with van der Waals surface area (Å²) in [6, 6.07) is 14.1. The molecule has 178 valence electrons. The molecule has 2 N–H and O–H groups in total. The van der Waals surface area contributed by atoms with Gasteiger partial charge in [-0.3, -0.25) is 9.59 Å². The molecule has 0 unspecified atom stereocenters. The molecule has 2 aromatic carbocycles. The maximum atomic E-state index is 13.2. The van der Waals surface area contributed by atoms with Gasteiger partial charge in [0, 0.05) is 17.0 Å². The minimum atomic E-state index is -0.675. The van der Waals surface area contributed by atoms with Crippen molar-refractivity contribution in [3.63, 3.8) is 0 Å². The van der Waals surface area contributed by atoms with Crippen molar-refractivity contribution in [2.75, 3.05) is 17.7 Å². The summed E-state index contributed by atoms with van der Waals surface area (Å²) in [4.78, 5) is 37.5. The maximum absolute atomic E-state index is 13.2. The van der Waals surface area contributed by atoms with E-state index in [-0.39, 0.29) is 29.1 Å². The minimum Gasteiger partial charge on any atom is -0.452 e. The number of anilines is 1. The Hall–Kier alpha value is -3.66. The van der Waals surface area contributed by atoms with Crippen LogP contribution in [0, 0.1) is 12.7 Å². The van der Waals surface area contributed by atoms with Gasteiger partial charge in [-0.05, 0) is 57.2 Å². The van der Waals surface area contributed by atoms with E-state index >= 15 is 0 Å². The lowest BCUT2D eigenvalue weighted by Gasteiger charge is -2.11. The van der Waals surface area contributed by atoms with E-state index in [1.54, 1.807) is 37.3 Å². The second kappa shape index (κ2) is 11.5. The Labute approximate surface area is 200 Å². The van der Waals surface area contributed by atoms with Crippen LogP contribution in [0.2, 0.25) is 0 Å². The fraction of sp³-hybridized carbons (Fsp3) is 0.250. The highest BCUT2D eigenvalue weighted by Gasteiger charge is 2.17. The third-order valence-corrected chi connectivity index (χ3v) is 5.49. The average Bonchev–Trinajstić information content (AvgIpc) is 3.16. The Balaban J connectivity index is 1.61. The lowest BCUT2D eigenvalue weighted by Crippen LogP contribution is -2.31. The molecule has 3 rings (SSSR count). The van der Waals surface area contributed by atoms with Crippen molar-refractivity contribution in [1.29, 1.82) is 0 Å². The number of esters is 1. The summed E-state index contributed by atoms with van der Waals surface area (Å²) < 4.78 is 19.9. The van der Waals surface area contributed by atoms with Crippen LogP contribution in [0.15, 0.2) is 59.5 Å². The monoisotopic (exact) mass is 484 g/mol. The molecule has 0 aliphatic heterocycles. The topological polar surface area (TPSA) is 102 Å². The van der Waals surface area contributed by atoms with Gasteiger partial charge in [-0.15, -0.1) is 11.8 Å². The van der Waals surface area contributed by atoms with E-state index in [4.69, 9.17) is 4.74 Å². The summed E-state index contributed by atoms with van der Waals surface area (Å²) in [6.45, 7) is 4.98. The molecule has 0 radical (unpaired) electrons. The predicted molar refractivity (Wildman–Crippen MR) is 128 cm³/mol. The van der Waals surface area contributed by atoms with Crippen LogP contribution in [-0.4, -0.2) is 46.0 Å². The SMILES string of the molecule is Cc1cc(NC(=O)COC(=O)c2ccccc2SCC(=O)NC(C)C)n(-c2ccc(F)cc2)n1. The fourth-order valence-corrected chi connectivity index (χ4v) is 3.88. The van der Waals surface area contributed by atoms with Gasteiger partial charge in [-0.2, -0.15) is 5.10 Å². The van der Waals surface area contributed by atoms with Crippen molar-refractivity contribution < 1.29 is 23.5 Å². The smallest absolute Gasteiger partial charge is 0.339 e. The van der Waals surface area contributed by atoms with Crippen LogP contribution in [0.4, 0.5) is 10.2 Å². The number of halogens is 1. The molecule has 34 heavy (non-hydrogen) atoms. The number of carbonyl (C=O) groups is 3. The summed E-state index contributed by atoms with van der Waals surface area (Å²) >= 11 is 1.21. The van der Waals surface area contributed by atoms with E-state index in [1.807, 2.05) is 13.8 Å². The minimum absolute atomic E-state index is 0.0231. The molecule has 0 fully saturated rings. The number of aryl methyl sites for hydroxylation is 1. The van der Waals surface area contributed by atoms with E-state index < -0.39 is 18.5 Å². The predicted octanol–water partition coefficient (Wildman–Crippen LogP) is 3.73. The zero-order chi connectivity index (χ0) is 24.7. The van der Waals surface area contributed by atoms with Gasteiger partial charge in [0.1, 0.15) is 11.6 Å². The first kappa shape index (κ1) is 25.0. The summed E-state index contributed by atoms with van der Waals surface area (Å²) in [7, 11) is 0. The van der Waals surface area contributed by atoms with Crippen molar-refractivity contribution in [2.45, 2.75) is 31.7 Å². The number of aromatic nitrogens is 2. The summed E-state index contributed by atoms with van der Waals surface area (Å²) in [5, 5.41) is 9.75. The number of carbonyl (C=O) groups excluding carboxylic acids is 3. The van der Waals surface area contributed by atoms with Crippen LogP contribution in [0.25, 0.3) is 5.69 Å². The lowest BCUT2D eigenvalue weighted by atomic mass is 10.2. The molecule has 8 nitrogen and oxygen atoms in total. The first-order valence-electron chi connectivity index (χ1n) is 10.5. The van der Waals surface area contributed by atoms with Gasteiger partial charge in [-0.1, -0.05) is 12.1 Å². The molecular weight excluding hydrogens is 459 g/mol. The molecule has 1 heterocycles. The molecule has 2 amide bonds. The average molecular weight is 485 g/mol. The second-order valence-electron chi connectivity index (χ2n) is 7.69. The molecule has 0 bridgehead atoms. The molecule has 0 aliphatic rings. The zero-order valence-electron chi connectivity index (χ0n) is 19.0. The number of benzene rings is 2. The van der Waals surface area contributed by atoms with Crippen LogP contribution in [0.5, 0.6) is 0 Å². The van der Waals surface area contributed by atoms with Crippen LogP contribution in [-0.2, 0) is 14.3 Å². The number of ether oxygens (including phenoxy) is 1. The highest BCUT2D eigenvalue weighted by molar-refractivity contribution is 8.00. The van der Waals surface area contributed by atoms with Crippen molar-refractivity contribution in [1.82, 2.24) is 15.1 Å². The first-order chi connectivity index (χ1) is 16.2. The van der Waals surface area contributed by atoms with Gasteiger partial charge in [0.2, 0.25) is 5.91 Å². The van der Waals surface area contributed by atoms with Gasteiger partial charge >= 0.3 is 5.97 Å². The standard InChI is InChI=1S/C24H25FN4O4S/c1-15(2)26-23(31)14-34-20-7-5-4-6-19(20)24(32)33-13-22(30)27-21-12-16(3)28-29(21)18-10-8-17(25)9-11-18/h4-12,15H,13-14H2,1-3H3,(H,26,31)(H,27,30). The second-order valence-corrected chi connectivity index (χ2v) is 8.71. The molecule has 10 heteroatoms. The van der Waals surface area contributed by atoms with Gasteiger partial charge in [0.25, 0.3) is 5.91 Å². The number of rotatable bonds is 9. The van der Waals surface area contributed by atoms with E-state index in [1.165, 1.54) is 40.7 Å². The summed E-state index contributed by atoms with van der Waals surface area (Å²) in [5.41, 5.74) is 1.48. The van der Waals surface area contributed by atoms with E-state index in [0.29, 0.717) is 22.1 Å². The molecule has 0 saturated heterocycles. The van der Waals surface area contributed by atoms with Gasteiger partial charge in [0.05, 0.1) is 22.7 Å². The van der Waals surface area contributed by atoms with Crippen molar-refractivity contribution in [2.24, 2.45) is 0 Å². The van der Waals surface area contributed by atoms with Crippen LogP contribution in [0.3, 0.4) is 0 Å². The first-order valence-corrected chi connectivity index (χ1v) is 11.5. The van der Waals surface area contributed by atoms with Crippen molar-refractivity contribution in [3.05, 3.63) is 71.7 Å². The molecule has 0 saturated carbocycles. The Morgan fingerprint density at radius 3 is 2.50 bits per heavy atom. The van der Waals surface area contributed by atoms with E-state index in [0.717, 1.165) is 0 Å². The van der Waals surface area contributed by atoms with E-state index in [2.05, 4.69) is 15.7 Å². The lowest BCUT2D eigenvalue weighted by molar-refractivity contribution is -0.119. The highest BCUT2D eigenvalue weighted by atomic mass is 32.2. The number of hydrogen-bond donors (Lipinski definition) is 2. The molecule has 3 aromatic rings. The summed E-state index contributed by atoms with van der Waals surface area (Å²) in [6.07, 6.45) is 0. The van der Waals surface area contributed by atoms with Gasteiger partial charge in [-0.25, -0.2) is 13.9 Å². The number of amides is 2. The Morgan fingerprint density at radius 2 is 1.79 bits per heavy atom. The summed E-state index contributed by atoms with van der Waals surface area (Å²) in [5.74, 6) is -1.25. The highest BCUT2D eigenvalue weighted by Crippen LogP contribution is 2.23. The third-order valence-electron chi connectivity index (χ3n) is 4.42. The zero-order valence-corrected chi connectivity index (χ0v) is 19.8. The number of nitrogens with zero attached hydrogens (tertiary/aromatic N) is 2. The molecule has 0 aliphatic carbocycles. The molecule has 0 spiro atoms. The molecule has 0 atom stereocenters. The van der Waals surface area contributed by atoms with Crippen molar-refractivity contribution in [3.8, 4) is 5.69 Å². The fourth-order valence-electron chi connectivity index (χ4n) is 3.02. The Bertz CT molecular complexity index is 1180. The normalized spacial score (nSPS) is 10.7. The third kappa shape index (κ3) is 6.92. The Kier molecular flexibility index (Phi) is 8.42. The van der Waals surface area contributed by atoms with Crippen molar-refractivity contribution >= 4 is 35.4 Å². The van der Waals surface area contributed by atoms with E-state index in [9.17, 15) is 18.8 Å². The largest absolute Gasteiger partial charge is 0.452 e. The van der Waals surface area contributed by atoms with Gasteiger partial charge < -0.3 is 15.4 Å². The Morgan fingerprint density at radius 1 is 1.09 bits per heavy atom. The van der Waals surface area contributed by atoms with Crippen LogP contribution < -0.4 is 10.6 Å². The molecular formula is C24H25FN4O4S. The number of nitrogens with one attached hydrogen (secondary N) is 2. The van der Waals surface area contributed by atoms with Crippen LogP contribution >= 0.6 is 11.8 Å². The van der Waals surface area contributed by atoms with Crippen LogP contribution in [0.1, 0.15) is 29.9 Å².